The van der Waals surface area contributed by atoms with E-state index < -0.39 is 0 Å². The van der Waals surface area contributed by atoms with Gasteiger partial charge in [0.15, 0.2) is 5.82 Å². The van der Waals surface area contributed by atoms with Crippen molar-refractivity contribution in [3.05, 3.63) is 75.8 Å². The third kappa shape index (κ3) is 5.57. The van der Waals surface area contributed by atoms with Gasteiger partial charge >= 0.3 is 0 Å². The topological polar surface area (TPSA) is 98.2 Å². The van der Waals surface area contributed by atoms with Gasteiger partial charge < -0.3 is 14.5 Å². The van der Waals surface area contributed by atoms with Crippen LogP contribution in [0.4, 0.5) is 0 Å². The van der Waals surface area contributed by atoms with Gasteiger partial charge in [-0.05, 0) is 71.0 Å². The summed E-state index contributed by atoms with van der Waals surface area (Å²) in [6.07, 6.45) is 6.68. The van der Waals surface area contributed by atoms with E-state index in [0.29, 0.717) is 30.4 Å². The second-order valence-corrected chi connectivity index (χ2v) is 10.0. The summed E-state index contributed by atoms with van der Waals surface area (Å²) >= 11 is 0. The zero-order chi connectivity index (χ0) is 26.5. The Hall–Kier alpha value is -3.72. The van der Waals surface area contributed by atoms with Crippen LogP contribution < -0.4 is 15.0 Å². The van der Waals surface area contributed by atoms with Crippen LogP contribution in [0.3, 0.4) is 0 Å². The largest absolute Gasteiger partial charge is 0.497 e. The number of nitrogens with zero attached hydrogens (tertiary/aromatic N) is 5. The van der Waals surface area contributed by atoms with Gasteiger partial charge in [0, 0.05) is 24.7 Å². The fraction of sp³-hybridized carbons (Fsp3) is 0.448. The Balaban J connectivity index is 1.51. The van der Waals surface area contributed by atoms with E-state index in [2.05, 4.69) is 44.5 Å². The van der Waals surface area contributed by atoms with E-state index in [1.807, 2.05) is 41.1 Å². The van der Waals surface area contributed by atoms with Crippen LogP contribution in [0.5, 0.6) is 11.5 Å². The molecule has 0 unspecified atom stereocenters. The predicted octanol–water partition coefficient (Wildman–Crippen LogP) is 5.19. The van der Waals surface area contributed by atoms with Crippen LogP contribution in [0.15, 0.2) is 53.3 Å². The van der Waals surface area contributed by atoms with Crippen molar-refractivity contribution in [1.29, 1.82) is 0 Å². The molecule has 2 aromatic heterocycles. The lowest BCUT2D eigenvalue weighted by molar-refractivity contribution is 0.155. The number of hydrogen-bond acceptors (Lipinski definition) is 7. The Morgan fingerprint density at radius 1 is 1.00 bits per heavy atom. The first kappa shape index (κ1) is 25.9. The summed E-state index contributed by atoms with van der Waals surface area (Å²) in [4.78, 5) is 18.6. The minimum atomic E-state index is -0.104. The molecule has 200 valence electrons. The van der Waals surface area contributed by atoms with Gasteiger partial charge in [0.1, 0.15) is 11.5 Å². The summed E-state index contributed by atoms with van der Waals surface area (Å²) in [5.41, 5.74) is 2.48. The molecule has 1 saturated carbocycles. The predicted molar refractivity (Wildman–Crippen MR) is 146 cm³/mol. The minimum Gasteiger partial charge on any atom is -0.497 e. The highest BCUT2D eigenvalue weighted by Crippen LogP contribution is 2.33. The Morgan fingerprint density at radius 2 is 1.74 bits per heavy atom. The van der Waals surface area contributed by atoms with Crippen molar-refractivity contribution < 1.29 is 9.47 Å². The van der Waals surface area contributed by atoms with Crippen LogP contribution in [-0.2, 0) is 13.1 Å². The number of hydrogen-bond donors (Lipinski definition) is 1. The number of tetrazole rings is 1. The highest BCUT2D eigenvalue weighted by Gasteiger charge is 2.29. The first-order chi connectivity index (χ1) is 18.6. The van der Waals surface area contributed by atoms with Gasteiger partial charge in [-0.3, -0.25) is 9.69 Å². The molecule has 1 atom stereocenters. The highest BCUT2D eigenvalue weighted by molar-refractivity contribution is 5.80. The molecule has 0 radical (unpaired) electrons. The maximum absolute atomic E-state index is 13.2. The van der Waals surface area contributed by atoms with Crippen LogP contribution in [0.2, 0.25) is 0 Å². The molecule has 9 nitrogen and oxygen atoms in total. The minimum absolute atomic E-state index is 0.0556. The standard InChI is InChI=1S/C29H36N6O3/c1-4-27(28-31-32-33-35(28)23-8-6-5-7-9-23)34(18-20-10-13-24(37-2)14-11-20)19-22-16-21-12-15-25(38-3)17-26(21)30-29(22)36/h10-17,23,27H,4-9,18-19H2,1-3H3,(H,30,36)/t27-/m0/s1. The Morgan fingerprint density at radius 3 is 2.45 bits per heavy atom. The maximum atomic E-state index is 13.2. The van der Waals surface area contributed by atoms with E-state index in [0.717, 1.165) is 47.3 Å². The number of fused-ring (bicyclic) bond motifs is 1. The second-order valence-electron chi connectivity index (χ2n) is 10.0. The van der Waals surface area contributed by atoms with Gasteiger partial charge in [-0.15, -0.1) is 5.10 Å². The van der Waals surface area contributed by atoms with Crippen molar-refractivity contribution in [2.75, 3.05) is 14.2 Å². The summed E-state index contributed by atoms with van der Waals surface area (Å²) in [7, 11) is 3.29. The molecule has 1 aliphatic rings. The molecule has 1 fully saturated rings. The molecule has 2 aromatic carbocycles. The quantitative estimate of drug-likeness (QED) is 0.310. The van der Waals surface area contributed by atoms with Crippen molar-refractivity contribution in [1.82, 2.24) is 30.1 Å². The van der Waals surface area contributed by atoms with Crippen molar-refractivity contribution in [3.8, 4) is 11.5 Å². The Labute approximate surface area is 222 Å². The lowest BCUT2D eigenvalue weighted by Crippen LogP contribution is -2.33. The monoisotopic (exact) mass is 516 g/mol. The molecule has 2 heterocycles. The van der Waals surface area contributed by atoms with Crippen molar-refractivity contribution in [2.24, 2.45) is 0 Å². The molecule has 0 saturated heterocycles. The summed E-state index contributed by atoms with van der Waals surface area (Å²) in [5, 5.41) is 14.0. The number of rotatable bonds is 10. The van der Waals surface area contributed by atoms with Crippen LogP contribution in [0.1, 0.15) is 74.5 Å². The van der Waals surface area contributed by atoms with Crippen LogP contribution >= 0.6 is 0 Å². The van der Waals surface area contributed by atoms with Crippen molar-refractivity contribution in [2.45, 2.75) is 70.6 Å². The van der Waals surface area contributed by atoms with Gasteiger partial charge in [0.25, 0.3) is 5.56 Å². The van der Waals surface area contributed by atoms with Crippen LogP contribution in [-0.4, -0.2) is 44.3 Å². The number of benzene rings is 2. The van der Waals surface area contributed by atoms with Gasteiger partial charge in [-0.1, -0.05) is 38.3 Å². The van der Waals surface area contributed by atoms with Crippen molar-refractivity contribution in [3.63, 3.8) is 0 Å². The molecule has 0 bridgehead atoms. The molecule has 0 amide bonds. The first-order valence-electron chi connectivity index (χ1n) is 13.4. The normalized spacial score (nSPS) is 15.2. The van der Waals surface area contributed by atoms with Crippen molar-refractivity contribution >= 4 is 10.9 Å². The summed E-state index contributed by atoms with van der Waals surface area (Å²) in [6.45, 7) is 3.25. The van der Waals surface area contributed by atoms with Crippen LogP contribution in [0.25, 0.3) is 10.9 Å². The SMILES string of the molecule is CC[C@@H](c1nnnn1C1CCCCC1)N(Cc1ccc(OC)cc1)Cc1cc2ccc(OC)cc2[nH]c1=O. The number of methoxy groups -OCH3 is 2. The van der Waals surface area contributed by atoms with E-state index in [1.165, 1.54) is 19.3 Å². The maximum Gasteiger partial charge on any atom is 0.252 e. The fourth-order valence-corrected chi connectivity index (χ4v) is 5.54. The number of ether oxygens (including phenoxy) is 2. The second kappa shape index (κ2) is 11.8. The fourth-order valence-electron chi connectivity index (χ4n) is 5.54. The number of aromatic amines is 1. The van der Waals surface area contributed by atoms with Gasteiger partial charge in [0.2, 0.25) is 0 Å². The van der Waals surface area contributed by atoms with E-state index in [4.69, 9.17) is 9.47 Å². The van der Waals surface area contributed by atoms with E-state index in [1.54, 1.807) is 14.2 Å². The van der Waals surface area contributed by atoms with Gasteiger partial charge in [-0.2, -0.15) is 0 Å². The Bertz CT molecular complexity index is 1410. The Kier molecular flexibility index (Phi) is 8.03. The molecule has 0 aliphatic heterocycles. The van der Waals surface area contributed by atoms with Gasteiger partial charge in [0.05, 0.1) is 31.8 Å². The molecular formula is C29H36N6O3. The first-order valence-corrected chi connectivity index (χ1v) is 13.4. The molecule has 0 spiro atoms. The molecule has 1 N–H and O–H groups in total. The average Bonchev–Trinajstić information content (AvgIpc) is 3.44. The summed E-state index contributed by atoms with van der Waals surface area (Å²) < 4.78 is 12.7. The van der Waals surface area contributed by atoms with Gasteiger partial charge in [-0.25, -0.2) is 4.68 Å². The number of nitrogens with one attached hydrogen (secondary N) is 1. The molecule has 9 heteroatoms. The molecule has 4 aromatic rings. The third-order valence-electron chi connectivity index (χ3n) is 7.61. The number of aromatic nitrogens is 5. The highest BCUT2D eigenvalue weighted by atomic mass is 16.5. The lowest BCUT2D eigenvalue weighted by atomic mass is 9.95. The molecular weight excluding hydrogens is 480 g/mol. The molecule has 1 aliphatic carbocycles. The third-order valence-corrected chi connectivity index (χ3v) is 7.61. The number of H-pyrrole nitrogens is 1. The zero-order valence-corrected chi connectivity index (χ0v) is 22.4. The smallest absolute Gasteiger partial charge is 0.252 e. The average molecular weight is 517 g/mol. The number of pyridine rings is 1. The van der Waals surface area contributed by atoms with E-state index in [-0.39, 0.29) is 11.6 Å². The zero-order valence-electron chi connectivity index (χ0n) is 22.4. The van der Waals surface area contributed by atoms with E-state index in [9.17, 15) is 4.79 Å². The molecule has 38 heavy (non-hydrogen) atoms. The summed E-state index contributed by atoms with van der Waals surface area (Å²) in [5.74, 6) is 2.40. The van der Waals surface area contributed by atoms with E-state index >= 15 is 0 Å². The summed E-state index contributed by atoms with van der Waals surface area (Å²) in [6, 6.07) is 16.1. The van der Waals surface area contributed by atoms with Crippen LogP contribution in [0, 0.1) is 0 Å². The molecule has 5 rings (SSSR count). The lowest BCUT2D eigenvalue weighted by Gasteiger charge is -2.32.